The van der Waals surface area contributed by atoms with Gasteiger partial charge in [0.05, 0.1) is 18.7 Å². The van der Waals surface area contributed by atoms with Gasteiger partial charge in [-0.2, -0.15) is 11.3 Å². The van der Waals surface area contributed by atoms with Gasteiger partial charge in [-0.25, -0.2) is 4.98 Å². The van der Waals surface area contributed by atoms with E-state index in [1.807, 2.05) is 29.0 Å². The lowest BCUT2D eigenvalue weighted by molar-refractivity contribution is -0.142. The minimum atomic E-state index is -0.320. The summed E-state index contributed by atoms with van der Waals surface area (Å²) in [4.78, 5) is 16.3. The number of hydrogen-bond donors (Lipinski definition) is 0. The molecule has 0 amide bonds. The van der Waals surface area contributed by atoms with Crippen LogP contribution in [0.1, 0.15) is 12.6 Å². The summed E-state index contributed by atoms with van der Waals surface area (Å²) in [7, 11) is 0. The largest absolute Gasteiger partial charge is 0.466 e. The highest BCUT2D eigenvalue weighted by atomic mass is 35.5. The topological polar surface area (TPSA) is 52.3 Å². The molecule has 0 fully saturated rings. The summed E-state index contributed by atoms with van der Waals surface area (Å²) in [6.07, 6.45) is 0.0795. The molecule has 0 unspecified atom stereocenters. The average molecular weight is 348 g/mol. The normalized spacial score (nSPS) is 10.7. The number of oxazole rings is 1. The zero-order chi connectivity index (χ0) is 16.2. The molecule has 3 rings (SSSR count). The minimum Gasteiger partial charge on any atom is -0.466 e. The molecular weight excluding hydrogens is 334 g/mol. The van der Waals surface area contributed by atoms with Gasteiger partial charge >= 0.3 is 5.97 Å². The molecule has 0 atom stereocenters. The van der Waals surface area contributed by atoms with Crippen LogP contribution in [0.2, 0.25) is 5.02 Å². The van der Waals surface area contributed by atoms with Crippen LogP contribution in [0, 0.1) is 0 Å². The lowest BCUT2D eigenvalue weighted by atomic mass is 10.2. The maximum Gasteiger partial charge on any atom is 0.312 e. The molecule has 0 N–H and O–H groups in total. The van der Waals surface area contributed by atoms with E-state index in [-0.39, 0.29) is 12.4 Å². The van der Waals surface area contributed by atoms with E-state index in [0.29, 0.717) is 29.0 Å². The fourth-order valence-electron chi connectivity index (χ4n) is 2.16. The predicted octanol–water partition coefficient (Wildman–Crippen LogP) is 4.83. The van der Waals surface area contributed by atoms with E-state index in [0.717, 1.165) is 11.1 Å². The number of thiophene rings is 1. The van der Waals surface area contributed by atoms with Gasteiger partial charge in [0.25, 0.3) is 0 Å². The Morgan fingerprint density at radius 2 is 2.04 bits per heavy atom. The first-order chi connectivity index (χ1) is 11.2. The highest BCUT2D eigenvalue weighted by molar-refractivity contribution is 7.08. The fourth-order valence-corrected chi connectivity index (χ4v) is 2.92. The van der Waals surface area contributed by atoms with Gasteiger partial charge < -0.3 is 9.15 Å². The number of halogens is 1. The van der Waals surface area contributed by atoms with Crippen LogP contribution in [0.3, 0.4) is 0 Å². The summed E-state index contributed by atoms with van der Waals surface area (Å²) in [5.74, 6) is 0.742. The Kier molecular flexibility index (Phi) is 4.79. The standard InChI is InChI=1S/C17H14ClNO3S/c1-2-21-15(20)9-14-16(12-7-8-23-10-12)22-17(19-14)11-3-5-13(18)6-4-11/h3-8,10H,2,9H2,1H3. The Bertz CT molecular complexity index is 794. The van der Waals surface area contributed by atoms with Crippen LogP contribution in [0.25, 0.3) is 22.8 Å². The highest BCUT2D eigenvalue weighted by Crippen LogP contribution is 2.32. The molecule has 4 nitrogen and oxygen atoms in total. The van der Waals surface area contributed by atoms with Crippen LogP contribution in [0.4, 0.5) is 0 Å². The molecule has 2 heterocycles. The Balaban J connectivity index is 1.99. The van der Waals surface area contributed by atoms with E-state index < -0.39 is 0 Å². The number of benzene rings is 1. The van der Waals surface area contributed by atoms with Gasteiger partial charge in [0, 0.05) is 21.5 Å². The molecule has 0 saturated carbocycles. The lowest BCUT2D eigenvalue weighted by Crippen LogP contribution is -2.08. The van der Waals surface area contributed by atoms with E-state index in [2.05, 4.69) is 4.98 Å². The van der Waals surface area contributed by atoms with Crippen molar-refractivity contribution in [2.45, 2.75) is 13.3 Å². The Morgan fingerprint density at radius 1 is 1.26 bits per heavy atom. The molecule has 0 bridgehead atoms. The molecule has 0 radical (unpaired) electrons. The molecule has 6 heteroatoms. The Hall–Kier alpha value is -2.11. The zero-order valence-electron chi connectivity index (χ0n) is 12.4. The molecule has 2 aromatic heterocycles. The van der Waals surface area contributed by atoms with Crippen molar-refractivity contribution in [3.8, 4) is 22.8 Å². The highest BCUT2D eigenvalue weighted by Gasteiger charge is 2.19. The number of aromatic nitrogens is 1. The van der Waals surface area contributed by atoms with Gasteiger partial charge in [0.1, 0.15) is 0 Å². The molecule has 0 saturated heterocycles. The van der Waals surface area contributed by atoms with Crippen LogP contribution in [0.15, 0.2) is 45.5 Å². The summed E-state index contributed by atoms with van der Waals surface area (Å²) in [6.45, 7) is 2.12. The summed E-state index contributed by atoms with van der Waals surface area (Å²) in [6, 6.07) is 9.15. The van der Waals surface area contributed by atoms with Crippen molar-refractivity contribution < 1.29 is 13.9 Å². The Labute approximate surface area is 142 Å². The summed E-state index contributed by atoms with van der Waals surface area (Å²) < 4.78 is 10.9. The maximum atomic E-state index is 11.8. The second kappa shape index (κ2) is 6.98. The SMILES string of the molecule is CCOC(=O)Cc1nc(-c2ccc(Cl)cc2)oc1-c1ccsc1. The quantitative estimate of drug-likeness (QED) is 0.620. The number of hydrogen-bond acceptors (Lipinski definition) is 5. The molecule has 0 aliphatic carbocycles. The van der Waals surface area contributed by atoms with E-state index in [1.165, 1.54) is 0 Å². The summed E-state index contributed by atoms with van der Waals surface area (Å²) >= 11 is 7.47. The fraction of sp³-hybridized carbons (Fsp3) is 0.176. The van der Waals surface area contributed by atoms with E-state index in [1.54, 1.807) is 30.4 Å². The summed E-state index contributed by atoms with van der Waals surface area (Å²) in [5, 5.41) is 4.56. The molecule has 0 aliphatic heterocycles. The number of rotatable bonds is 5. The van der Waals surface area contributed by atoms with Gasteiger partial charge in [0.2, 0.25) is 5.89 Å². The smallest absolute Gasteiger partial charge is 0.312 e. The third kappa shape index (κ3) is 3.63. The van der Waals surface area contributed by atoms with Crippen LogP contribution in [0.5, 0.6) is 0 Å². The van der Waals surface area contributed by atoms with Crippen LogP contribution in [-0.2, 0) is 16.0 Å². The van der Waals surface area contributed by atoms with Crippen molar-refractivity contribution in [2.75, 3.05) is 6.61 Å². The van der Waals surface area contributed by atoms with Gasteiger partial charge in [-0.05, 0) is 42.6 Å². The lowest BCUT2D eigenvalue weighted by Gasteiger charge is -2.00. The molecular formula is C17H14ClNO3S. The van der Waals surface area contributed by atoms with Crippen molar-refractivity contribution in [3.05, 3.63) is 51.8 Å². The number of ether oxygens (including phenoxy) is 1. The molecule has 3 aromatic rings. The third-order valence-corrected chi connectivity index (χ3v) is 4.12. The van der Waals surface area contributed by atoms with Crippen LogP contribution < -0.4 is 0 Å². The number of carbonyl (C=O) groups excluding carboxylic acids is 1. The first-order valence-electron chi connectivity index (χ1n) is 7.11. The van der Waals surface area contributed by atoms with Crippen molar-refractivity contribution >= 4 is 28.9 Å². The average Bonchev–Trinajstić information content (AvgIpc) is 3.17. The molecule has 1 aromatic carbocycles. The van der Waals surface area contributed by atoms with Gasteiger partial charge in [-0.3, -0.25) is 4.79 Å². The van der Waals surface area contributed by atoms with Crippen molar-refractivity contribution in [1.82, 2.24) is 4.98 Å². The second-order valence-corrected chi connectivity index (χ2v) is 6.01. The first kappa shape index (κ1) is 15.8. The Morgan fingerprint density at radius 3 is 2.70 bits per heavy atom. The van der Waals surface area contributed by atoms with Crippen LogP contribution in [-0.4, -0.2) is 17.6 Å². The minimum absolute atomic E-state index is 0.0795. The van der Waals surface area contributed by atoms with Gasteiger partial charge in [-0.15, -0.1) is 0 Å². The van der Waals surface area contributed by atoms with E-state index >= 15 is 0 Å². The van der Waals surface area contributed by atoms with Gasteiger partial charge in [-0.1, -0.05) is 11.6 Å². The van der Waals surface area contributed by atoms with Crippen LogP contribution >= 0.6 is 22.9 Å². The molecule has 0 aliphatic rings. The van der Waals surface area contributed by atoms with Crippen molar-refractivity contribution in [2.24, 2.45) is 0 Å². The maximum absolute atomic E-state index is 11.8. The van der Waals surface area contributed by atoms with E-state index in [9.17, 15) is 4.79 Å². The molecule has 23 heavy (non-hydrogen) atoms. The number of esters is 1. The van der Waals surface area contributed by atoms with Gasteiger partial charge in [0.15, 0.2) is 5.76 Å². The zero-order valence-corrected chi connectivity index (χ0v) is 14.0. The molecule has 0 spiro atoms. The monoisotopic (exact) mass is 347 g/mol. The van der Waals surface area contributed by atoms with Crippen molar-refractivity contribution in [3.63, 3.8) is 0 Å². The predicted molar refractivity (Wildman–Crippen MR) is 90.6 cm³/mol. The number of nitrogens with zero attached hydrogens (tertiary/aromatic N) is 1. The van der Waals surface area contributed by atoms with Crippen molar-refractivity contribution in [1.29, 1.82) is 0 Å². The number of carbonyl (C=O) groups is 1. The molecule has 118 valence electrons. The third-order valence-electron chi connectivity index (χ3n) is 3.19. The van der Waals surface area contributed by atoms with E-state index in [4.69, 9.17) is 20.8 Å². The first-order valence-corrected chi connectivity index (χ1v) is 8.43. The second-order valence-electron chi connectivity index (χ2n) is 4.80. The summed E-state index contributed by atoms with van der Waals surface area (Å²) in [5.41, 5.74) is 2.29.